The SMILES string of the molecule is CC1COCCN1CCOc1ccccc1C#N. The van der Waals surface area contributed by atoms with Crippen molar-refractivity contribution in [2.45, 2.75) is 13.0 Å². The maximum absolute atomic E-state index is 8.95. The lowest BCUT2D eigenvalue weighted by atomic mass is 10.2. The van der Waals surface area contributed by atoms with Crippen molar-refractivity contribution in [3.8, 4) is 11.8 Å². The van der Waals surface area contributed by atoms with Crippen LogP contribution in [0.1, 0.15) is 12.5 Å². The minimum atomic E-state index is 0.438. The summed E-state index contributed by atoms with van der Waals surface area (Å²) in [5.74, 6) is 0.668. The average Bonchev–Trinajstić information content (AvgIpc) is 2.41. The molecule has 1 aromatic rings. The highest BCUT2D eigenvalue weighted by Crippen LogP contribution is 2.16. The average molecular weight is 246 g/mol. The van der Waals surface area contributed by atoms with Gasteiger partial charge in [-0.05, 0) is 19.1 Å². The molecule has 0 saturated carbocycles. The second kappa shape index (κ2) is 6.39. The fourth-order valence-electron chi connectivity index (χ4n) is 2.05. The fraction of sp³-hybridized carbons (Fsp3) is 0.500. The number of hydrogen-bond acceptors (Lipinski definition) is 4. The van der Waals surface area contributed by atoms with Crippen LogP contribution in [0.15, 0.2) is 24.3 Å². The molecule has 4 nitrogen and oxygen atoms in total. The molecule has 1 heterocycles. The Morgan fingerprint density at radius 3 is 3.11 bits per heavy atom. The second-order valence-electron chi connectivity index (χ2n) is 4.42. The predicted molar refractivity (Wildman–Crippen MR) is 68.5 cm³/mol. The normalized spacial score (nSPS) is 20.3. The number of nitrogens with zero attached hydrogens (tertiary/aromatic N) is 2. The molecule has 1 aromatic carbocycles. The molecule has 4 heteroatoms. The van der Waals surface area contributed by atoms with Gasteiger partial charge in [0.2, 0.25) is 0 Å². The van der Waals surface area contributed by atoms with Crippen molar-refractivity contribution < 1.29 is 9.47 Å². The van der Waals surface area contributed by atoms with Crippen LogP contribution in [0.4, 0.5) is 0 Å². The number of nitriles is 1. The Morgan fingerprint density at radius 2 is 2.33 bits per heavy atom. The van der Waals surface area contributed by atoms with Crippen molar-refractivity contribution >= 4 is 0 Å². The molecule has 1 fully saturated rings. The Balaban J connectivity index is 1.83. The molecular formula is C14H18N2O2. The van der Waals surface area contributed by atoms with Gasteiger partial charge in [-0.2, -0.15) is 5.26 Å². The van der Waals surface area contributed by atoms with Gasteiger partial charge in [-0.15, -0.1) is 0 Å². The van der Waals surface area contributed by atoms with E-state index < -0.39 is 0 Å². The number of para-hydroxylation sites is 1. The number of morpholine rings is 1. The Morgan fingerprint density at radius 1 is 1.50 bits per heavy atom. The summed E-state index contributed by atoms with van der Waals surface area (Å²) in [5.41, 5.74) is 0.590. The van der Waals surface area contributed by atoms with Crippen LogP contribution in [0, 0.1) is 11.3 Å². The zero-order chi connectivity index (χ0) is 12.8. The number of ether oxygens (including phenoxy) is 2. The van der Waals surface area contributed by atoms with Gasteiger partial charge in [0.1, 0.15) is 18.4 Å². The Kier molecular flexibility index (Phi) is 4.57. The first-order valence-electron chi connectivity index (χ1n) is 6.25. The first-order chi connectivity index (χ1) is 8.81. The molecule has 1 unspecified atom stereocenters. The van der Waals surface area contributed by atoms with Gasteiger partial charge in [-0.3, -0.25) is 4.90 Å². The van der Waals surface area contributed by atoms with Gasteiger partial charge in [-0.1, -0.05) is 12.1 Å². The molecule has 1 aliphatic rings. The summed E-state index contributed by atoms with van der Waals surface area (Å²) in [4.78, 5) is 2.35. The fourth-order valence-corrected chi connectivity index (χ4v) is 2.05. The van der Waals surface area contributed by atoms with E-state index in [1.807, 2.05) is 18.2 Å². The van der Waals surface area contributed by atoms with Crippen LogP contribution < -0.4 is 4.74 Å². The highest BCUT2D eigenvalue weighted by Gasteiger charge is 2.18. The van der Waals surface area contributed by atoms with Crippen LogP contribution in [0.2, 0.25) is 0 Å². The van der Waals surface area contributed by atoms with Crippen molar-refractivity contribution in [1.82, 2.24) is 4.90 Å². The molecule has 18 heavy (non-hydrogen) atoms. The van der Waals surface area contributed by atoms with E-state index in [0.29, 0.717) is 24.0 Å². The Labute approximate surface area is 108 Å². The van der Waals surface area contributed by atoms with Gasteiger partial charge >= 0.3 is 0 Å². The van der Waals surface area contributed by atoms with Crippen LogP contribution in [0.3, 0.4) is 0 Å². The van der Waals surface area contributed by atoms with Crippen LogP contribution in [0.25, 0.3) is 0 Å². The van der Waals surface area contributed by atoms with E-state index in [0.717, 1.165) is 26.3 Å². The summed E-state index contributed by atoms with van der Waals surface area (Å²) >= 11 is 0. The molecule has 0 radical (unpaired) electrons. The van der Waals surface area contributed by atoms with Crippen molar-refractivity contribution in [1.29, 1.82) is 5.26 Å². The van der Waals surface area contributed by atoms with Gasteiger partial charge < -0.3 is 9.47 Å². The third-order valence-corrected chi connectivity index (χ3v) is 3.15. The van der Waals surface area contributed by atoms with Crippen LogP contribution in [-0.2, 0) is 4.74 Å². The van der Waals surface area contributed by atoms with Gasteiger partial charge in [0.15, 0.2) is 0 Å². The molecule has 0 aromatic heterocycles. The summed E-state index contributed by atoms with van der Waals surface area (Å²) in [6, 6.07) is 9.90. The van der Waals surface area contributed by atoms with Crippen LogP contribution in [0.5, 0.6) is 5.75 Å². The lowest BCUT2D eigenvalue weighted by Crippen LogP contribution is -2.45. The van der Waals surface area contributed by atoms with Gasteiger partial charge in [0, 0.05) is 19.1 Å². The molecule has 0 spiro atoms. The minimum absolute atomic E-state index is 0.438. The summed E-state index contributed by atoms with van der Waals surface area (Å²) in [6.45, 7) is 6.15. The van der Waals surface area contributed by atoms with Crippen molar-refractivity contribution in [2.24, 2.45) is 0 Å². The van der Waals surface area contributed by atoms with Crippen LogP contribution >= 0.6 is 0 Å². The summed E-state index contributed by atoms with van der Waals surface area (Å²) in [5, 5.41) is 8.95. The number of benzene rings is 1. The highest BCUT2D eigenvalue weighted by atomic mass is 16.5. The second-order valence-corrected chi connectivity index (χ2v) is 4.42. The zero-order valence-corrected chi connectivity index (χ0v) is 10.6. The lowest BCUT2D eigenvalue weighted by Gasteiger charge is -2.32. The largest absolute Gasteiger partial charge is 0.491 e. The highest BCUT2D eigenvalue weighted by molar-refractivity contribution is 5.42. The van der Waals surface area contributed by atoms with E-state index in [1.165, 1.54) is 0 Å². The summed E-state index contributed by atoms with van der Waals surface area (Å²) < 4.78 is 11.1. The minimum Gasteiger partial charge on any atom is -0.491 e. The standard InChI is InChI=1S/C14H18N2O2/c1-12-11-17-8-6-16(12)7-9-18-14-5-3-2-4-13(14)10-15/h2-5,12H,6-9,11H2,1H3. The van der Waals surface area contributed by atoms with Gasteiger partial charge in [0.25, 0.3) is 0 Å². The number of rotatable bonds is 4. The molecule has 1 atom stereocenters. The molecule has 0 N–H and O–H groups in total. The Hall–Kier alpha value is -1.57. The summed E-state index contributed by atoms with van der Waals surface area (Å²) in [7, 11) is 0. The molecule has 0 bridgehead atoms. The molecule has 2 rings (SSSR count). The first-order valence-corrected chi connectivity index (χ1v) is 6.25. The smallest absolute Gasteiger partial charge is 0.137 e. The van der Waals surface area contributed by atoms with E-state index in [2.05, 4.69) is 17.9 Å². The van der Waals surface area contributed by atoms with Crippen molar-refractivity contribution in [3.05, 3.63) is 29.8 Å². The zero-order valence-electron chi connectivity index (χ0n) is 10.6. The third-order valence-electron chi connectivity index (χ3n) is 3.15. The quantitative estimate of drug-likeness (QED) is 0.810. The van der Waals surface area contributed by atoms with Crippen LogP contribution in [-0.4, -0.2) is 43.9 Å². The third kappa shape index (κ3) is 3.22. The maximum Gasteiger partial charge on any atom is 0.137 e. The first kappa shape index (κ1) is 12.9. The van der Waals surface area contributed by atoms with E-state index >= 15 is 0 Å². The van der Waals surface area contributed by atoms with Crippen molar-refractivity contribution in [2.75, 3.05) is 32.9 Å². The Bertz CT molecular complexity index is 428. The van der Waals surface area contributed by atoms with Gasteiger partial charge in [-0.25, -0.2) is 0 Å². The monoisotopic (exact) mass is 246 g/mol. The van der Waals surface area contributed by atoms with Gasteiger partial charge in [0.05, 0.1) is 18.8 Å². The molecule has 1 aliphatic heterocycles. The van der Waals surface area contributed by atoms with E-state index in [-0.39, 0.29) is 0 Å². The van der Waals surface area contributed by atoms with Crippen molar-refractivity contribution in [3.63, 3.8) is 0 Å². The molecule has 0 aliphatic carbocycles. The van der Waals surface area contributed by atoms with E-state index in [1.54, 1.807) is 6.07 Å². The predicted octanol–water partition coefficient (Wildman–Crippen LogP) is 1.66. The number of hydrogen-bond donors (Lipinski definition) is 0. The maximum atomic E-state index is 8.95. The van der Waals surface area contributed by atoms with E-state index in [9.17, 15) is 0 Å². The molecule has 0 amide bonds. The summed E-state index contributed by atoms with van der Waals surface area (Å²) in [6.07, 6.45) is 0. The molecule has 96 valence electrons. The van der Waals surface area contributed by atoms with E-state index in [4.69, 9.17) is 14.7 Å². The topological polar surface area (TPSA) is 45.5 Å². The lowest BCUT2D eigenvalue weighted by molar-refractivity contribution is -0.00515. The molecule has 1 saturated heterocycles. The molecular weight excluding hydrogens is 228 g/mol.